The van der Waals surface area contributed by atoms with Crippen LogP contribution >= 0.6 is 0 Å². The van der Waals surface area contributed by atoms with Gasteiger partial charge in [0.2, 0.25) is 0 Å². The molecule has 1 aliphatic carbocycles. The van der Waals surface area contributed by atoms with E-state index in [9.17, 15) is 4.79 Å². The number of hydrogen-bond acceptors (Lipinski definition) is 4. The summed E-state index contributed by atoms with van der Waals surface area (Å²) in [5.41, 5.74) is 5.51. The molecule has 0 aromatic heterocycles. The maximum absolute atomic E-state index is 10.5. The van der Waals surface area contributed by atoms with Crippen LogP contribution in [0.25, 0.3) is 0 Å². The van der Waals surface area contributed by atoms with Gasteiger partial charge in [-0.2, -0.15) is 0 Å². The Labute approximate surface area is 175 Å². The second kappa shape index (κ2) is 25.8. The number of nitrogens with two attached hydrogens (primary N) is 1. The average Bonchev–Trinajstić information content (AvgIpc) is 2.62. The molecule has 1 unspecified atom stereocenters. The fourth-order valence-electron chi connectivity index (χ4n) is 2.22. The lowest BCUT2D eigenvalue weighted by atomic mass is 9.91. The first-order valence-electron chi connectivity index (χ1n) is 10.4. The number of ether oxygens (including phenoxy) is 1. The highest BCUT2D eigenvalue weighted by Gasteiger charge is 2.21. The number of aliphatic hydroxyl groups is 1. The highest BCUT2D eigenvalue weighted by molar-refractivity contribution is 5.67. The lowest BCUT2D eigenvalue weighted by Gasteiger charge is -2.22. The van der Waals surface area contributed by atoms with Crippen LogP contribution in [-0.2, 0) is 9.53 Å². The predicted molar refractivity (Wildman–Crippen MR) is 123 cm³/mol. The molecule has 5 heteroatoms. The van der Waals surface area contributed by atoms with Crippen molar-refractivity contribution < 1.29 is 19.7 Å². The third-order valence-corrected chi connectivity index (χ3v) is 3.39. The number of carboxylic acid groups (broad SMARTS) is 1. The molecule has 0 aliphatic heterocycles. The maximum atomic E-state index is 10.5. The zero-order valence-electron chi connectivity index (χ0n) is 19.7. The molecule has 4 N–H and O–H groups in total. The lowest BCUT2D eigenvalue weighted by Crippen LogP contribution is -2.24. The van der Waals surface area contributed by atoms with E-state index in [2.05, 4.69) is 39.2 Å². The number of carboxylic acids is 1. The average molecular weight is 404 g/mol. The first-order chi connectivity index (χ1) is 13.2. The van der Waals surface area contributed by atoms with Crippen molar-refractivity contribution in [3.63, 3.8) is 0 Å². The summed E-state index contributed by atoms with van der Waals surface area (Å²) >= 11 is 0. The van der Waals surface area contributed by atoms with Crippen LogP contribution in [0, 0.1) is 11.3 Å². The Morgan fingerprint density at radius 1 is 1.18 bits per heavy atom. The summed E-state index contributed by atoms with van der Waals surface area (Å²) in [6.45, 7) is 19.2. The molecule has 0 radical (unpaired) electrons. The molecular weight excluding hydrogens is 354 g/mol. The molecule has 0 bridgehead atoms. The van der Waals surface area contributed by atoms with Gasteiger partial charge in [0, 0.05) is 19.8 Å². The monoisotopic (exact) mass is 403 g/mol. The molecule has 0 aromatic carbocycles. The van der Waals surface area contributed by atoms with Gasteiger partial charge >= 0.3 is 5.97 Å². The lowest BCUT2D eigenvalue weighted by molar-refractivity contribution is -0.140. The van der Waals surface area contributed by atoms with Crippen molar-refractivity contribution in [1.82, 2.24) is 0 Å². The Bertz CT molecular complexity index is 341. The first kappa shape index (κ1) is 34.3. The van der Waals surface area contributed by atoms with E-state index in [-0.39, 0.29) is 11.8 Å². The van der Waals surface area contributed by atoms with E-state index in [0.717, 1.165) is 7.11 Å². The van der Waals surface area contributed by atoms with E-state index in [0.29, 0.717) is 25.2 Å². The van der Waals surface area contributed by atoms with Crippen LogP contribution in [0.5, 0.6) is 0 Å². The fourth-order valence-corrected chi connectivity index (χ4v) is 2.22. The minimum Gasteiger partial charge on any atom is -0.481 e. The Balaban J connectivity index is -0.000000167. The SMILES string of the molecule is C=C.CC.CC(C)COCC(C)(C)CC(=O)O.CO.NC1CC/C=C/CCC1. The molecule has 1 atom stereocenters. The second-order valence-electron chi connectivity index (χ2n) is 7.38. The van der Waals surface area contributed by atoms with Gasteiger partial charge in [0.05, 0.1) is 13.0 Å². The van der Waals surface area contributed by atoms with Crippen LogP contribution in [0.1, 0.15) is 80.1 Å². The van der Waals surface area contributed by atoms with E-state index in [4.69, 9.17) is 20.7 Å². The van der Waals surface area contributed by atoms with Gasteiger partial charge in [-0.05, 0) is 43.4 Å². The normalized spacial score (nSPS) is 16.7. The molecule has 1 rings (SSSR count). The molecule has 1 aliphatic rings. The molecule has 0 heterocycles. The predicted octanol–water partition coefficient (Wildman–Crippen LogP) is 5.43. The van der Waals surface area contributed by atoms with Gasteiger partial charge in [0.15, 0.2) is 0 Å². The standard InChI is InChI=1S/C10H20O3.C8H15N.C2H6.C2H4.CH4O/c1-8(2)6-13-7-10(3,4)5-9(11)12;9-8-6-4-2-1-3-5-7-8;3*1-2/h8H,5-7H2,1-4H3,(H,11,12);1-2,8H,3-7,9H2;1-2H3;1-2H2;2H,1H3/b;2-1+;;;. The number of aliphatic hydroxyl groups excluding tert-OH is 1. The summed E-state index contributed by atoms with van der Waals surface area (Å²) in [4.78, 5) is 10.5. The minimum atomic E-state index is -0.766. The Morgan fingerprint density at radius 3 is 2.14 bits per heavy atom. The van der Waals surface area contributed by atoms with Gasteiger partial charge in [-0.1, -0.05) is 53.7 Å². The van der Waals surface area contributed by atoms with E-state index < -0.39 is 5.97 Å². The quantitative estimate of drug-likeness (QED) is 0.514. The van der Waals surface area contributed by atoms with Crippen LogP contribution in [0.3, 0.4) is 0 Å². The van der Waals surface area contributed by atoms with Crippen molar-refractivity contribution in [3.8, 4) is 0 Å². The van der Waals surface area contributed by atoms with Gasteiger partial charge in [-0.3, -0.25) is 4.79 Å². The largest absolute Gasteiger partial charge is 0.481 e. The second-order valence-corrected chi connectivity index (χ2v) is 7.38. The van der Waals surface area contributed by atoms with E-state index in [1.54, 1.807) is 0 Å². The molecule has 0 fully saturated rings. The summed E-state index contributed by atoms with van der Waals surface area (Å²) in [7, 11) is 1.00. The van der Waals surface area contributed by atoms with Gasteiger partial charge in [0.25, 0.3) is 0 Å². The summed E-state index contributed by atoms with van der Waals surface area (Å²) in [5, 5.41) is 15.6. The number of carbonyl (C=O) groups is 1. The summed E-state index contributed by atoms with van der Waals surface area (Å²) in [5.74, 6) is -0.265. The smallest absolute Gasteiger partial charge is 0.303 e. The number of aliphatic carboxylic acids is 1. The summed E-state index contributed by atoms with van der Waals surface area (Å²) in [6.07, 6.45) is 10.8. The topological polar surface area (TPSA) is 92.8 Å². The van der Waals surface area contributed by atoms with Crippen molar-refractivity contribution in [2.24, 2.45) is 17.1 Å². The Morgan fingerprint density at radius 2 is 1.68 bits per heavy atom. The zero-order valence-corrected chi connectivity index (χ0v) is 19.7. The third-order valence-electron chi connectivity index (χ3n) is 3.39. The van der Waals surface area contributed by atoms with E-state index in [1.165, 1.54) is 32.1 Å². The zero-order chi connectivity index (χ0) is 23.0. The molecule has 0 saturated heterocycles. The number of hydrogen-bond donors (Lipinski definition) is 3. The van der Waals surface area contributed by atoms with Gasteiger partial charge < -0.3 is 20.7 Å². The van der Waals surface area contributed by atoms with E-state index >= 15 is 0 Å². The Kier molecular flexibility index (Phi) is 31.7. The fraction of sp³-hybridized carbons (Fsp3) is 0.783. The van der Waals surface area contributed by atoms with E-state index in [1.807, 2.05) is 27.7 Å². The van der Waals surface area contributed by atoms with Gasteiger partial charge in [-0.25, -0.2) is 0 Å². The van der Waals surface area contributed by atoms with Crippen molar-refractivity contribution in [1.29, 1.82) is 0 Å². The number of allylic oxidation sites excluding steroid dienone is 2. The molecule has 0 spiro atoms. The minimum absolute atomic E-state index is 0.158. The highest BCUT2D eigenvalue weighted by Crippen LogP contribution is 2.20. The molecule has 28 heavy (non-hydrogen) atoms. The first-order valence-corrected chi connectivity index (χ1v) is 10.4. The van der Waals surface area contributed by atoms with Gasteiger partial charge in [-0.15, -0.1) is 13.2 Å². The van der Waals surface area contributed by atoms with Crippen molar-refractivity contribution >= 4 is 5.97 Å². The molecular formula is C23H49NO4. The van der Waals surface area contributed by atoms with Crippen LogP contribution in [0.2, 0.25) is 0 Å². The van der Waals surface area contributed by atoms with Crippen LogP contribution in [0.15, 0.2) is 25.3 Å². The highest BCUT2D eigenvalue weighted by atomic mass is 16.5. The third kappa shape index (κ3) is 32.5. The van der Waals surface area contributed by atoms with Crippen molar-refractivity contribution in [3.05, 3.63) is 25.3 Å². The molecule has 0 saturated carbocycles. The van der Waals surface area contributed by atoms with Crippen molar-refractivity contribution in [2.75, 3.05) is 20.3 Å². The summed E-state index contributed by atoms with van der Waals surface area (Å²) in [6, 6.07) is 0.468. The van der Waals surface area contributed by atoms with Crippen LogP contribution in [0.4, 0.5) is 0 Å². The molecule has 0 aromatic rings. The van der Waals surface area contributed by atoms with Gasteiger partial charge in [0.1, 0.15) is 0 Å². The summed E-state index contributed by atoms with van der Waals surface area (Å²) < 4.78 is 5.40. The Hall–Kier alpha value is -1.17. The van der Waals surface area contributed by atoms with Crippen LogP contribution in [-0.4, -0.2) is 42.5 Å². The number of rotatable bonds is 6. The molecule has 170 valence electrons. The maximum Gasteiger partial charge on any atom is 0.303 e. The van der Waals surface area contributed by atoms with Crippen LogP contribution < -0.4 is 5.73 Å². The van der Waals surface area contributed by atoms with Crippen molar-refractivity contribution in [2.45, 2.75) is 86.1 Å². The molecule has 0 amide bonds. The molecule has 5 nitrogen and oxygen atoms in total.